The molecule has 0 radical (unpaired) electrons. The van der Waals surface area contributed by atoms with Crippen molar-refractivity contribution < 1.29 is 9.53 Å². The molecule has 116 valence electrons. The summed E-state index contributed by atoms with van der Waals surface area (Å²) in [6.07, 6.45) is 0. The van der Waals surface area contributed by atoms with E-state index in [0.717, 1.165) is 24.5 Å². The maximum absolute atomic E-state index is 12.1. The number of carbonyl (C=O) groups is 1. The Morgan fingerprint density at radius 1 is 1.09 bits per heavy atom. The van der Waals surface area contributed by atoms with Crippen LogP contribution in [0.4, 0.5) is 11.4 Å². The normalized spacial score (nSPS) is 10.1. The van der Waals surface area contributed by atoms with Gasteiger partial charge in [-0.25, -0.2) is 0 Å². The van der Waals surface area contributed by atoms with Gasteiger partial charge in [-0.3, -0.25) is 4.79 Å². The van der Waals surface area contributed by atoms with Gasteiger partial charge in [0, 0.05) is 30.5 Å². The van der Waals surface area contributed by atoms with Crippen LogP contribution in [0, 0.1) is 0 Å². The minimum absolute atomic E-state index is 0.244. The highest BCUT2D eigenvalue weighted by atomic mass is 16.5. The molecule has 6 nitrogen and oxygen atoms in total. The summed E-state index contributed by atoms with van der Waals surface area (Å²) in [6.45, 7) is 6.12. The van der Waals surface area contributed by atoms with Crippen molar-refractivity contribution in [3.8, 4) is 5.88 Å². The molecule has 1 aromatic carbocycles. The number of amides is 1. The number of benzene rings is 1. The summed E-state index contributed by atoms with van der Waals surface area (Å²) in [7, 11) is 1.50. The van der Waals surface area contributed by atoms with Crippen molar-refractivity contribution in [3.05, 3.63) is 42.1 Å². The number of ether oxygens (including phenoxy) is 1. The fourth-order valence-corrected chi connectivity index (χ4v) is 2.09. The van der Waals surface area contributed by atoms with E-state index in [0.29, 0.717) is 5.88 Å². The molecular weight excluding hydrogens is 280 g/mol. The molecule has 0 aliphatic heterocycles. The summed E-state index contributed by atoms with van der Waals surface area (Å²) < 4.78 is 4.91. The Labute approximate surface area is 130 Å². The van der Waals surface area contributed by atoms with Crippen molar-refractivity contribution in [2.75, 3.05) is 30.4 Å². The molecule has 0 aliphatic carbocycles. The summed E-state index contributed by atoms with van der Waals surface area (Å²) in [4.78, 5) is 14.3. The van der Waals surface area contributed by atoms with Gasteiger partial charge in [-0.05, 0) is 44.2 Å². The number of carbonyl (C=O) groups excluding carboxylic acids is 1. The highest BCUT2D eigenvalue weighted by molar-refractivity contribution is 6.02. The molecule has 0 bridgehead atoms. The van der Waals surface area contributed by atoms with Gasteiger partial charge in [0.05, 0.1) is 7.11 Å². The van der Waals surface area contributed by atoms with E-state index < -0.39 is 0 Å². The lowest BCUT2D eigenvalue weighted by atomic mass is 10.2. The lowest BCUT2D eigenvalue weighted by Gasteiger charge is -2.21. The zero-order chi connectivity index (χ0) is 15.9. The maximum atomic E-state index is 12.1. The number of rotatable bonds is 6. The van der Waals surface area contributed by atoms with Crippen LogP contribution < -0.4 is 15.0 Å². The predicted molar refractivity (Wildman–Crippen MR) is 86.5 cm³/mol. The SMILES string of the molecule is CCN(CC)c1ccc(NC(=O)c2ccc(OC)nn2)cc1. The summed E-state index contributed by atoms with van der Waals surface area (Å²) in [5, 5.41) is 10.4. The van der Waals surface area contributed by atoms with Crippen molar-refractivity contribution >= 4 is 17.3 Å². The molecule has 1 aromatic heterocycles. The van der Waals surface area contributed by atoms with E-state index in [1.165, 1.54) is 7.11 Å². The first kappa shape index (κ1) is 15.8. The van der Waals surface area contributed by atoms with E-state index in [9.17, 15) is 4.79 Å². The van der Waals surface area contributed by atoms with Gasteiger partial charge < -0.3 is 15.0 Å². The van der Waals surface area contributed by atoms with Crippen LogP contribution in [0.15, 0.2) is 36.4 Å². The van der Waals surface area contributed by atoms with E-state index in [1.54, 1.807) is 12.1 Å². The molecule has 1 heterocycles. The van der Waals surface area contributed by atoms with Crippen LogP contribution in [0.5, 0.6) is 5.88 Å². The van der Waals surface area contributed by atoms with Crippen LogP contribution >= 0.6 is 0 Å². The zero-order valence-corrected chi connectivity index (χ0v) is 13.0. The predicted octanol–water partition coefficient (Wildman–Crippen LogP) is 2.58. The van der Waals surface area contributed by atoms with Crippen LogP contribution in [-0.4, -0.2) is 36.3 Å². The van der Waals surface area contributed by atoms with Crippen LogP contribution in [0.3, 0.4) is 0 Å². The Hall–Kier alpha value is -2.63. The van der Waals surface area contributed by atoms with Gasteiger partial charge in [0.25, 0.3) is 5.91 Å². The molecule has 2 aromatic rings. The van der Waals surface area contributed by atoms with Crippen LogP contribution in [0.1, 0.15) is 24.3 Å². The Bertz CT molecular complexity index is 607. The monoisotopic (exact) mass is 300 g/mol. The van der Waals surface area contributed by atoms with Gasteiger partial charge in [0.15, 0.2) is 5.69 Å². The number of anilines is 2. The first-order valence-electron chi connectivity index (χ1n) is 7.22. The molecule has 0 fully saturated rings. The van der Waals surface area contributed by atoms with Gasteiger partial charge in [0.2, 0.25) is 5.88 Å². The van der Waals surface area contributed by atoms with Gasteiger partial charge in [0.1, 0.15) is 0 Å². The standard InChI is InChI=1S/C16H20N4O2/c1-4-20(5-2)13-8-6-12(7-9-13)17-16(21)14-10-11-15(22-3)19-18-14/h6-11H,4-5H2,1-3H3,(H,17,21). The smallest absolute Gasteiger partial charge is 0.276 e. The second-order valence-corrected chi connectivity index (χ2v) is 4.63. The van der Waals surface area contributed by atoms with Crippen molar-refractivity contribution in [1.82, 2.24) is 10.2 Å². The Morgan fingerprint density at radius 2 is 1.77 bits per heavy atom. The molecular formula is C16H20N4O2. The lowest BCUT2D eigenvalue weighted by Crippen LogP contribution is -2.21. The largest absolute Gasteiger partial charge is 0.480 e. The van der Waals surface area contributed by atoms with Crippen molar-refractivity contribution in [1.29, 1.82) is 0 Å². The summed E-state index contributed by atoms with van der Waals surface area (Å²) >= 11 is 0. The molecule has 1 amide bonds. The number of hydrogen-bond donors (Lipinski definition) is 1. The molecule has 0 unspecified atom stereocenters. The van der Waals surface area contributed by atoms with Crippen molar-refractivity contribution in [3.63, 3.8) is 0 Å². The Balaban J connectivity index is 2.04. The van der Waals surface area contributed by atoms with E-state index in [-0.39, 0.29) is 11.6 Å². The first-order chi connectivity index (χ1) is 10.7. The van der Waals surface area contributed by atoms with Crippen molar-refractivity contribution in [2.24, 2.45) is 0 Å². The van der Waals surface area contributed by atoms with Crippen LogP contribution in [-0.2, 0) is 0 Å². The third kappa shape index (κ3) is 3.72. The molecule has 0 atom stereocenters. The molecule has 0 aliphatic rings. The van der Waals surface area contributed by atoms with E-state index in [2.05, 4.69) is 34.3 Å². The highest BCUT2D eigenvalue weighted by Gasteiger charge is 2.09. The van der Waals surface area contributed by atoms with Gasteiger partial charge in [-0.15, -0.1) is 10.2 Å². The molecule has 2 rings (SSSR count). The fourth-order valence-electron chi connectivity index (χ4n) is 2.09. The van der Waals surface area contributed by atoms with Gasteiger partial charge in [-0.2, -0.15) is 0 Å². The second-order valence-electron chi connectivity index (χ2n) is 4.63. The minimum Gasteiger partial charge on any atom is -0.480 e. The molecule has 6 heteroatoms. The number of methoxy groups -OCH3 is 1. The number of nitrogens with one attached hydrogen (secondary N) is 1. The van der Waals surface area contributed by atoms with E-state index >= 15 is 0 Å². The van der Waals surface area contributed by atoms with E-state index in [1.807, 2.05) is 24.3 Å². The number of aromatic nitrogens is 2. The minimum atomic E-state index is -0.300. The fraction of sp³-hybridized carbons (Fsp3) is 0.312. The molecule has 22 heavy (non-hydrogen) atoms. The third-order valence-electron chi connectivity index (χ3n) is 3.34. The maximum Gasteiger partial charge on any atom is 0.276 e. The molecule has 0 saturated heterocycles. The molecule has 0 spiro atoms. The Morgan fingerprint density at radius 3 is 2.27 bits per heavy atom. The highest BCUT2D eigenvalue weighted by Crippen LogP contribution is 2.18. The first-order valence-corrected chi connectivity index (χ1v) is 7.22. The molecule has 1 N–H and O–H groups in total. The van der Waals surface area contributed by atoms with Gasteiger partial charge >= 0.3 is 0 Å². The quantitative estimate of drug-likeness (QED) is 0.888. The lowest BCUT2D eigenvalue weighted by molar-refractivity contribution is 0.102. The second kappa shape index (κ2) is 7.40. The summed E-state index contributed by atoms with van der Waals surface area (Å²) in [5.41, 5.74) is 2.10. The average Bonchev–Trinajstić information content (AvgIpc) is 2.57. The Kier molecular flexibility index (Phi) is 5.30. The third-order valence-corrected chi connectivity index (χ3v) is 3.34. The van der Waals surface area contributed by atoms with Gasteiger partial charge in [-0.1, -0.05) is 0 Å². The summed E-state index contributed by atoms with van der Waals surface area (Å²) in [6, 6.07) is 10.9. The number of nitrogens with zero attached hydrogens (tertiary/aromatic N) is 3. The van der Waals surface area contributed by atoms with Crippen LogP contribution in [0.2, 0.25) is 0 Å². The van der Waals surface area contributed by atoms with Crippen LogP contribution in [0.25, 0.3) is 0 Å². The average molecular weight is 300 g/mol. The zero-order valence-electron chi connectivity index (χ0n) is 13.0. The topological polar surface area (TPSA) is 67.4 Å². The number of hydrogen-bond acceptors (Lipinski definition) is 5. The summed E-state index contributed by atoms with van der Waals surface area (Å²) in [5.74, 6) is 0.0749. The van der Waals surface area contributed by atoms with Crippen molar-refractivity contribution in [2.45, 2.75) is 13.8 Å². The molecule has 0 saturated carbocycles. The van der Waals surface area contributed by atoms with E-state index in [4.69, 9.17) is 4.74 Å².